The van der Waals surface area contributed by atoms with Gasteiger partial charge in [0, 0.05) is 5.92 Å². The van der Waals surface area contributed by atoms with Crippen molar-refractivity contribution in [1.82, 2.24) is 10.6 Å². The van der Waals surface area contributed by atoms with Crippen LogP contribution in [0, 0.1) is 0 Å². The first-order valence-corrected chi connectivity index (χ1v) is 12.0. The molecule has 2 amide bonds. The van der Waals surface area contributed by atoms with E-state index in [1.807, 2.05) is 42.7 Å². The Hall–Kier alpha value is -3.00. The Labute approximate surface area is 190 Å². The SMILES string of the molecule is CSCC[C@@H](NC(=O)C1(NC(=O)OCC2c3ccccc3-c3ccccc32)CC1)C(=O)O. The lowest BCUT2D eigenvalue weighted by molar-refractivity contribution is -0.142. The molecule has 168 valence electrons. The number of hydrogen-bond acceptors (Lipinski definition) is 5. The van der Waals surface area contributed by atoms with E-state index in [0.29, 0.717) is 25.0 Å². The topological polar surface area (TPSA) is 105 Å². The summed E-state index contributed by atoms with van der Waals surface area (Å²) < 4.78 is 5.53. The number of carbonyl (C=O) groups is 3. The number of amides is 2. The summed E-state index contributed by atoms with van der Waals surface area (Å²) in [4.78, 5) is 36.6. The fourth-order valence-electron chi connectivity index (χ4n) is 4.15. The number of fused-ring (bicyclic) bond motifs is 3. The summed E-state index contributed by atoms with van der Waals surface area (Å²) >= 11 is 1.51. The molecule has 1 saturated carbocycles. The molecule has 0 aromatic heterocycles. The number of rotatable bonds is 9. The van der Waals surface area contributed by atoms with Crippen LogP contribution >= 0.6 is 11.8 Å². The fourth-order valence-corrected chi connectivity index (χ4v) is 4.62. The van der Waals surface area contributed by atoms with Crippen LogP contribution in [0.1, 0.15) is 36.3 Å². The molecule has 0 bridgehead atoms. The number of benzene rings is 2. The number of alkyl carbamates (subject to hydrolysis) is 1. The maximum Gasteiger partial charge on any atom is 0.408 e. The number of nitrogens with one attached hydrogen (secondary N) is 2. The van der Waals surface area contributed by atoms with Gasteiger partial charge >= 0.3 is 12.1 Å². The van der Waals surface area contributed by atoms with E-state index in [9.17, 15) is 19.5 Å². The molecule has 7 nitrogen and oxygen atoms in total. The number of carbonyl (C=O) groups excluding carboxylic acids is 2. The lowest BCUT2D eigenvalue weighted by atomic mass is 9.98. The van der Waals surface area contributed by atoms with Gasteiger partial charge in [-0.15, -0.1) is 0 Å². The minimum absolute atomic E-state index is 0.0694. The fraction of sp³-hybridized carbons (Fsp3) is 0.375. The van der Waals surface area contributed by atoms with Crippen LogP contribution in [0.25, 0.3) is 11.1 Å². The number of ether oxygens (including phenoxy) is 1. The van der Waals surface area contributed by atoms with Crippen molar-refractivity contribution >= 4 is 29.7 Å². The molecule has 2 aromatic carbocycles. The molecular weight excluding hydrogens is 428 g/mol. The second-order valence-electron chi connectivity index (χ2n) is 8.18. The molecule has 8 heteroatoms. The molecule has 1 atom stereocenters. The van der Waals surface area contributed by atoms with Crippen molar-refractivity contribution in [2.24, 2.45) is 0 Å². The van der Waals surface area contributed by atoms with Gasteiger partial charge in [0.1, 0.15) is 18.2 Å². The van der Waals surface area contributed by atoms with Crippen LogP contribution in [0.2, 0.25) is 0 Å². The van der Waals surface area contributed by atoms with Gasteiger partial charge in [-0.05, 0) is 53.5 Å². The van der Waals surface area contributed by atoms with Gasteiger partial charge in [-0.1, -0.05) is 48.5 Å². The van der Waals surface area contributed by atoms with Gasteiger partial charge in [-0.2, -0.15) is 11.8 Å². The van der Waals surface area contributed by atoms with Crippen LogP contribution in [0.5, 0.6) is 0 Å². The maximum absolute atomic E-state index is 12.7. The van der Waals surface area contributed by atoms with Gasteiger partial charge < -0.3 is 20.5 Å². The van der Waals surface area contributed by atoms with E-state index in [1.54, 1.807) is 0 Å². The van der Waals surface area contributed by atoms with E-state index >= 15 is 0 Å². The van der Waals surface area contributed by atoms with Gasteiger partial charge in [-0.25, -0.2) is 9.59 Å². The smallest absolute Gasteiger partial charge is 0.408 e. The normalized spacial score (nSPS) is 16.4. The molecule has 0 heterocycles. The van der Waals surface area contributed by atoms with Crippen molar-refractivity contribution in [3.8, 4) is 11.1 Å². The summed E-state index contributed by atoms with van der Waals surface area (Å²) in [6.45, 7) is 0.156. The highest BCUT2D eigenvalue weighted by Crippen LogP contribution is 2.44. The molecule has 0 radical (unpaired) electrons. The molecule has 2 aliphatic carbocycles. The Balaban J connectivity index is 1.37. The average Bonchev–Trinajstić information content (AvgIpc) is 3.50. The summed E-state index contributed by atoms with van der Waals surface area (Å²) in [5.41, 5.74) is 3.41. The molecule has 4 rings (SSSR count). The van der Waals surface area contributed by atoms with E-state index in [-0.39, 0.29) is 12.5 Å². The zero-order chi connectivity index (χ0) is 22.7. The molecule has 2 aromatic rings. The number of carboxylic acids is 1. The second-order valence-corrected chi connectivity index (χ2v) is 9.16. The minimum atomic E-state index is -1.09. The number of thioether (sulfide) groups is 1. The van der Waals surface area contributed by atoms with Crippen LogP contribution < -0.4 is 10.6 Å². The molecule has 0 saturated heterocycles. The van der Waals surface area contributed by atoms with Crippen molar-refractivity contribution in [1.29, 1.82) is 0 Å². The number of carboxylic acid groups (broad SMARTS) is 1. The van der Waals surface area contributed by atoms with Crippen molar-refractivity contribution in [3.63, 3.8) is 0 Å². The van der Waals surface area contributed by atoms with E-state index in [0.717, 1.165) is 22.3 Å². The predicted octanol–water partition coefficient (Wildman–Crippen LogP) is 3.38. The monoisotopic (exact) mass is 454 g/mol. The standard InChI is InChI=1S/C24H26N2O5S/c1-32-13-10-20(21(27)28)25-22(29)24(11-12-24)26-23(30)31-14-19-17-8-4-2-6-15(17)16-7-3-5-9-18(16)19/h2-9,19-20H,10-14H2,1H3,(H,25,29)(H,26,30)(H,27,28)/t20-/m1/s1. The predicted molar refractivity (Wildman–Crippen MR) is 123 cm³/mol. The van der Waals surface area contributed by atoms with Crippen LogP contribution in [-0.4, -0.2) is 53.3 Å². The molecular formula is C24H26N2O5S. The summed E-state index contributed by atoms with van der Waals surface area (Å²) in [6.07, 6.45) is 2.44. The van der Waals surface area contributed by atoms with Crippen LogP contribution in [0.4, 0.5) is 4.79 Å². The third-order valence-electron chi connectivity index (χ3n) is 6.08. The Kier molecular flexibility index (Phi) is 6.41. The largest absolute Gasteiger partial charge is 0.480 e. The average molecular weight is 455 g/mol. The van der Waals surface area contributed by atoms with Gasteiger partial charge in [0.05, 0.1) is 0 Å². The first-order valence-electron chi connectivity index (χ1n) is 10.6. The molecule has 0 aliphatic heterocycles. The molecule has 0 unspecified atom stereocenters. The lowest BCUT2D eigenvalue weighted by Gasteiger charge is -2.21. The Morgan fingerprint density at radius 2 is 1.69 bits per heavy atom. The van der Waals surface area contributed by atoms with Crippen molar-refractivity contribution in [3.05, 3.63) is 59.7 Å². The van der Waals surface area contributed by atoms with Crippen molar-refractivity contribution < 1.29 is 24.2 Å². The highest BCUT2D eigenvalue weighted by molar-refractivity contribution is 7.98. The highest BCUT2D eigenvalue weighted by atomic mass is 32.2. The molecule has 32 heavy (non-hydrogen) atoms. The Bertz CT molecular complexity index is 991. The lowest BCUT2D eigenvalue weighted by Crippen LogP contribution is -2.53. The highest BCUT2D eigenvalue weighted by Gasteiger charge is 2.52. The zero-order valence-corrected chi connectivity index (χ0v) is 18.6. The van der Waals surface area contributed by atoms with E-state index in [2.05, 4.69) is 22.8 Å². The van der Waals surface area contributed by atoms with Crippen molar-refractivity contribution in [2.75, 3.05) is 18.6 Å². The van der Waals surface area contributed by atoms with Crippen molar-refractivity contribution in [2.45, 2.75) is 36.8 Å². The summed E-state index contributed by atoms with van der Waals surface area (Å²) in [5.74, 6) is -1.01. The summed E-state index contributed by atoms with van der Waals surface area (Å²) in [7, 11) is 0. The van der Waals surface area contributed by atoms with Gasteiger partial charge in [0.25, 0.3) is 0 Å². The van der Waals surface area contributed by atoms with E-state index in [1.165, 1.54) is 11.8 Å². The van der Waals surface area contributed by atoms with E-state index < -0.39 is 29.6 Å². The molecule has 1 fully saturated rings. The molecule has 2 aliphatic rings. The quantitative estimate of drug-likeness (QED) is 0.537. The first-order chi connectivity index (χ1) is 15.4. The summed E-state index contributed by atoms with van der Waals surface area (Å²) in [6, 6.07) is 15.2. The van der Waals surface area contributed by atoms with Gasteiger partial charge in [0.2, 0.25) is 5.91 Å². The van der Waals surface area contributed by atoms with Gasteiger partial charge in [-0.3, -0.25) is 4.79 Å². The molecule has 0 spiro atoms. The van der Waals surface area contributed by atoms with Crippen LogP contribution in [0.3, 0.4) is 0 Å². The Morgan fingerprint density at radius 3 is 2.22 bits per heavy atom. The Morgan fingerprint density at radius 1 is 1.09 bits per heavy atom. The van der Waals surface area contributed by atoms with Crippen LogP contribution in [0.15, 0.2) is 48.5 Å². The minimum Gasteiger partial charge on any atom is -0.480 e. The number of hydrogen-bond donors (Lipinski definition) is 3. The first kappa shape index (κ1) is 22.2. The third-order valence-corrected chi connectivity index (χ3v) is 6.73. The molecule has 3 N–H and O–H groups in total. The number of aliphatic carboxylic acids is 1. The zero-order valence-electron chi connectivity index (χ0n) is 17.8. The summed E-state index contributed by atoms with van der Waals surface area (Å²) in [5, 5.41) is 14.6. The van der Waals surface area contributed by atoms with Crippen LogP contribution in [-0.2, 0) is 14.3 Å². The maximum atomic E-state index is 12.7. The van der Waals surface area contributed by atoms with E-state index in [4.69, 9.17) is 4.74 Å². The third kappa shape index (κ3) is 4.46. The second kappa shape index (κ2) is 9.24. The van der Waals surface area contributed by atoms with Gasteiger partial charge in [0.15, 0.2) is 0 Å².